The van der Waals surface area contributed by atoms with Gasteiger partial charge in [-0.3, -0.25) is 9.78 Å². The number of hydrogen-bond acceptors (Lipinski definition) is 6. The fourth-order valence-corrected chi connectivity index (χ4v) is 6.36. The van der Waals surface area contributed by atoms with Crippen molar-refractivity contribution in [2.75, 3.05) is 39.6 Å². The molecule has 1 atom stereocenters. The van der Waals surface area contributed by atoms with Crippen LogP contribution in [0.3, 0.4) is 0 Å². The normalized spacial score (nSPS) is 20.4. The number of aromatic amines is 1. The van der Waals surface area contributed by atoms with Gasteiger partial charge in [-0.2, -0.15) is 0 Å². The smallest absolute Gasteiger partial charge is 0.273 e. The highest BCUT2D eigenvalue weighted by Crippen LogP contribution is 2.49. The van der Waals surface area contributed by atoms with Crippen molar-refractivity contribution in [3.63, 3.8) is 0 Å². The Hall–Kier alpha value is -2.95. The summed E-state index contributed by atoms with van der Waals surface area (Å²) in [6.07, 6.45) is 3.94. The van der Waals surface area contributed by atoms with E-state index in [1.54, 1.807) is 36.4 Å². The van der Waals surface area contributed by atoms with Crippen molar-refractivity contribution < 1.29 is 23.1 Å². The van der Waals surface area contributed by atoms with E-state index >= 15 is 0 Å². The maximum absolute atomic E-state index is 13.6. The Bertz CT molecular complexity index is 1330. The van der Waals surface area contributed by atoms with Crippen LogP contribution >= 0.6 is 0 Å². The summed E-state index contributed by atoms with van der Waals surface area (Å²) in [6.45, 7) is 0.866. The molecule has 0 unspecified atom stereocenters. The lowest BCUT2D eigenvalue weighted by molar-refractivity contribution is 0.0382. The lowest BCUT2D eigenvalue weighted by Crippen LogP contribution is -2.55. The van der Waals surface area contributed by atoms with Crippen LogP contribution in [0.4, 0.5) is 0 Å². The summed E-state index contributed by atoms with van der Waals surface area (Å²) >= 11 is 0. The zero-order valence-corrected chi connectivity index (χ0v) is 20.0. The van der Waals surface area contributed by atoms with Gasteiger partial charge in [0.2, 0.25) is 10.0 Å². The van der Waals surface area contributed by atoms with Crippen LogP contribution in [0.2, 0.25) is 0 Å². The topological polar surface area (TPSA) is 116 Å². The summed E-state index contributed by atoms with van der Waals surface area (Å²) in [5.41, 5.74) is 2.56. The van der Waals surface area contributed by atoms with E-state index in [0.717, 1.165) is 22.2 Å². The van der Waals surface area contributed by atoms with E-state index in [-0.39, 0.29) is 12.5 Å². The summed E-state index contributed by atoms with van der Waals surface area (Å²) in [7, 11) is -1.70. The molecule has 3 aromatic rings. The molecule has 180 valence electrons. The summed E-state index contributed by atoms with van der Waals surface area (Å²) in [5.74, 6) is 0.445. The van der Waals surface area contributed by atoms with Crippen molar-refractivity contribution in [1.82, 2.24) is 19.2 Å². The molecule has 1 amide bonds. The standard InChI is InChI=1S/C24H28N4O5S/c1-33-16-6-7-17-19(13-16)26-22-20(14-29)28(23(30)18-5-3-4-10-25-18)15-24(21(17)22)8-11-27(12-9-24)34(2,31)32/h3-7,10,13,20,26,29H,8-9,11-12,14-15H2,1-2H3/t20-/m0/s1. The molecule has 1 saturated heterocycles. The van der Waals surface area contributed by atoms with E-state index in [1.807, 2.05) is 18.2 Å². The molecular formula is C24H28N4O5S. The van der Waals surface area contributed by atoms with E-state index in [4.69, 9.17) is 4.74 Å². The van der Waals surface area contributed by atoms with Gasteiger partial charge in [0.25, 0.3) is 5.91 Å². The molecule has 10 heteroatoms. The predicted molar refractivity (Wildman–Crippen MR) is 127 cm³/mol. The van der Waals surface area contributed by atoms with E-state index in [1.165, 1.54) is 10.6 Å². The fraction of sp³-hybridized carbons (Fsp3) is 0.417. The lowest BCUT2D eigenvalue weighted by atomic mass is 9.68. The van der Waals surface area contributed by atoms with Crippen LogP contribution in [0.25, 0.3) is 10.9 Å². The summed E-state index contributed by atoms with van der Waals surface area (Å²) in [6, 6.07) is 10.4. The Labute approximate surface area is 198 Å². The van der Waals surface area contributed by atoms with E-state index < -0.39 is 21.5 Å². The maximum atomic E-state index is 13.6. The number of aliphatic hydroxyl groups excluding tert-OH is 1. The number of ether oxygens (including phenoxy) is 1. The van der Waals surface area contributed by atoms with Gasteiger partial charge in [0.05, 0.1) is 26.0 Å². The summed E-state index contributed by atoms with van der Waals surface area (Å²) < 4.78 is 31.3. The number of nitrogens with one attached hydrogen (secondary N) is 1. The Morgan fingerprint density at radius 1 is 1.26 bits per heavy atom. The maximum Gasteiger partial charge on any atom is 0.273 e. The van der Waals surface area contributed by atoms with Gasteiger partial charge in [0.15, 0.2) is 0 Å². The number of carbonyl (C=O) groups is 1. The van der Waals surface area contributed by atoms with Crippen LogP contribution < -0.4 is 4.74 Å². The third-order valence-electron chi connectivity index (χ3n) is 7.21. The second kappa shape index (κ2) is 8.37. The molecule has 2 aliphatic rings. The molecule has 2 aromatic heterocycles. The number of methoxy groups -OCH3 is 1. The first-order valence-electron chi connectivity index (χ1n) is 11.3. The minimum atomic E-state index is -3.31. The second-order valence-electron chi connectivity index (χ2n) is 9.11. The Kier molecular flexibility index (Phi) is 5.62. The third-order valence-corrected chi connectivity index (χ3v) is 8.52. The molecule has 1 spiro atoms. The molecule has 2 aliphatic heterocycles. The van der Waals surface area contributed by atoms with E-state index in [9.17, 15) is 18.3 Å². The highest BCUT2D eigenvalue weighted by atomic mass is 32.2. The van der Waals surface area contributed by atoms with Crippen LogP contribution in [-0.4, -0.2) is 78.2 Å². The van der Waals surface area contributed by atoms with Crippen LogP contribution in [0.1, 0.15) is 40.6 Å². The SMILES string of the molecule is COc1ccc2c3c([nH]c2c1)[C@H](CO)N(C(=O)c1ccccn1)CC31CCN(S(C)(=O)=O)CC1. The molecule has 0 radical (unpaired) electrons. The van der Waals surface area contributed by atoms with Gasteiger partial charge >= 0.3 is 0 Å². The monoisotopic (exact) mass is 484 g/mol. The van der Waals surface area contributed by atoms with Crippen LogP contribution in [0, 0.1) is 0 Å². The van der Waals surface area contributed by atoms with Gasteiger partial charge < -0.3 is 19.7 Å². The van der Waals surface area contributed by atoms with Gasteiger partial charge in [-0.25, -0.2) is 12.7 Å². The number of piperidine rings is 1. The van der Waals surface area contributed by atoms with E-state index in [0.29, 0.717) is 43.9 Å². The number of nitrogens with zero attached hydrogens (tertiary/aromatic N) is 3. The van der Waals surface area contributed by atoms with Gasteiger partial charge in [0.1, 0.15) is 11.4 Å². The molecule has 0 saturated carbocycles. The van der Waals surface area contributed by atoms with Crippen molar-refractivity contribution in [3.05, 3.63) is 59.5 Å². The van der Waals surface area contributed by atoms with Crippen molar-refractivity contribution in [2.24, 2.45) is 0 Å². The number of fused-ring (bicyclic) bond motifs is 4. The molecule has 1 fully saturated rings. The minimum absolute atomic E-state index is 0.249. The van der Waals surface area contributed by atoms with Gasteiger partial charge in [-0.15, -0.1) is 0 Å². The molecule has 1 aromatic carbocycles. The predicted octanol–water partition coefficient (Wildman–Crippen LogP) is 2.05. The van der Waals surface area contributed by atoms with Crippen molar-refractivity contribution in [1.29, 1.82) is 0 Å². The largest absolute Gasteiger partial charge is 0.497 e. The molecule has 2 N–H and O–H groups in total. The molecule has 9 nitrogen and oxygen atoms in total. The zero-order chi connectivity index (χ0) is 24.1. The van der Waals surface area contributed by atoms with Gasteiger partial charge in [-0.05, 0) is 42.7 Å². The van der Waals surface area contributed by atoms with Gasteiger partial charge in [0, 0.05) is 53.9 Å². The number of sulfonamides is 1. The number of pyridine rings is 1. The molecule has 5 rings (SSSR count). The average Bonchev–Trinajstić information content (AvgIpc) is 3.23. The number of aliphatic hydroxyl groups is 1. The number of hydrogen-bond donors (Lipinski definition) is 2. The van der Waals surface area contributed by atoms with Crippen molar-refractivity contribution >= 4 is 26.8 Å². The number of H-pyrrole nitrogens is 1. The van der Waals surface area contributed by atoms with Crippen LogP contribution in [0.15, 0.2) is 42.6 Å². The van der Waals surface area contributed by atoms with Crippen molar-refractivity contribution in [3.8, 4) is 5.75 Å². The zero-order valence-electron chi connectivity index (χ0n) is 19.2. The third kappa shape index (κ3) is 3.66. The highest BCUT2D eigenvalue weighted by molar-refractivity contribution is 7.88. The summed E-state index contributed by atoms with van der Waals surface area (Å²) in [5, 5.41) is 11.4. The fourth-order valence-electron chi connectivity index (χ4n) is 5.51. The molecule has 4 heterocycles. The first kappa shape index (κ1) is 22.8. The van der Waals surface area contributed by atoms with Crippen LogP contribution in [0.5, 0.6) is 5.75 Å². The molecule has 34 heavy (non-hydrogen) atoms. The number of amides is 1. The number of aromatic nitrogens is 2. The first-order chi connectivity index (χ1) is 16.3. The van der Waals surface area contributed by atoms with Crippen LogP contribution in [-0.2, 0) is 15.4 Å². The number of benzene rings is 1. The molecular weight excluding hydrogens is 456 g/mol. The highest BCUT2D eigenvalue weighted by Gasteiger charge is 2.49. The second-order valence-corrected chi connectivity index (χ2v) is 11.1. The number of carbonyl (C=O) groups excluding carboxylic acids is 1. The Morgan fingerprint density at radius 2 is 2.03 bits per heavy atom. The van der Waals surface area contributed by atoms with Crippen molar-refractivity contribution in [2.45, 2.75) is 24.3 Å². The number of rotatable bonds is 4. The lowest BCUT2D eigenvalue weighted by Gasteiger charge is -2.49. The Morgan fingerprint density at radius 3 is 2.65 bits per heavy atom. The Balaban J connectivity index is 1.66. The summed E-state index contributed by atoms with van der Waals surface area (Å²) in [4.78, 5) is 22.9. The minimum Gasteiger partial charge on any atom is -0.497 e. The first-order valence-corrected chi connectivity index (χ1v) is 13.1. The average molecular weight is 485 g/mol. The van der Waals surface area contributed by atoms with Gasteiger partial charge in [-0.1, -0.05) is 6.07 Å². The molecule has 0 bridgehead atoms. The molecule has 0 aliphatic carbocycles. The quantitative estimate of drug-likeness (QED) is 0.586. The van der Waals surface area contributed by atoms with E-state index in [2.05, 4.69) is 9.97 Å².